The third kappa shape index (κ3) is 1.76. The van der Waals surface area contributed by atoms with Crippen LogP contribution >= 0.6 is 11.3 Å². The van der Waals surface area contributed by atoms with E-state index in [0.29, 0.717) is 4.88 Å². The van der Waals surface area contributed by atoms with Crippen molar-refractivity contribution >= 4 is 17.1 Å². The van der Waals surface area contributed by atoms with Gasteiger partial charge >= 0.3 is 0 Å². The predicted octanol–water partition coefficient (Wildman–Crippen LogP) is 3.57. The molecule has 0 atom stereocenters. The highest BCUT2D eigenvalue weighted by Crippen LogP contribution is 2.23. The van der Waals surface area contributed by atoms with Crippen LogP contribution in [0.15, 0.2) is 29.6 Å². The minimum Gasteiger partial charge on any atom is -0.287 e. The summed E-state index contributed by atoms with van der Waals surface area (Å²) in [6, 6.07) is 5.15. The molecule has 82 valence electrons. The Labute approximate surface area is 95.4 Å². The van der Waals surface area contributed by atoms with Gasteiger partial charge in [-0.05, 0) is 36.1 Å². The Morgan fingerprint density at radius 1 is 1.19 bits per heavy atom. The van der Waals surface area contributed by atoms with Crippen LogP contribution in [0.4, 0.5) is 8.78 Å². The summed E-state index contributed by atoms with van der Waals surface area (Å²) in [6.45, 7) is 1.74. The highest BCUT2D eigenvalue weighted by atomic mass is 32.1. The third-order valence-electron chi connectivity index (χ3n) is 2.26. The number of hydrogen-bond acceptors (Lipinski definition) is 2. The van der Waals surface area contributed by atoms with E-state index in [1.807, 2.05) is 0 Å². The minimum absolute atomic E-state index is 0.379. The quantitative estimate of drug-likeness (QED) is 0.731. The van der Waals surface area contributed by atoms with Gasteiger partial charge in [0.05, 0.1) is 10.4 Å². The maximum Gasteiger partial charge on any atom is 0.209 e. The van der Waals surface area contributed by atoms with E-state index in [-0.39, 0.29) is 0 Å². The van der Waals surface area contributed by atoms with Gasteiger partial charge in [0.25, 0.3) is 0 Å². The Morgan fingerprint density at radius 2 is 1.81 bits per heavy atom. The fourth-order valence-corrected chi connectivity index (χ4v) is 2.30. The molecule has 0 aliphatic heterocycles. The maximum absolute atomic E-state index is 13.4. The SMILES string of the molecule is Cc1ccsc1C(=O)c1c(F)cccc1F. The van der Waals surface area contributed by atoms with E-state index >= 15 is 0 Å². The second kappa shape index (κ2) is 4.14. The maximum atomic E-state index is 13.4. The van der Waals surface area contributed by atoms with Crippen LogP contribution in [0, 0.1) is 18.6 Å². The van der Waals surface area contributed by atoms with Crippen molar-refractivity contribution in [1.29, 1.82) is 0 Å². The molecule has 0 aliphatic carbocycles. The topological polar surface area (TPSA) is 17.1 Å². The van der Waals surface area contributed by atoms with Crippen molar-refractivity contribution in [2.24, 2.45) is 0 Å². The fraction of sp³-hybridized carbons (Fsp3) is 0.0833. The number of rotatable bonds is 2. The molecule has 2 rings (SSSR count). The van der Waals surface area contributed by atoms with Crippen molar-refractivity contribution in [3.05, 3.63) is 57.3 Å². The molecule has 0 spiro atoms. The molecule has 0 unspecified atom stereocenters. The molecule has 1 nitrogen and oxygen atoms in total. The normalized spacial score (nSPS) is 10.4. The van der Waals surface area contributed by atoms with Crippen LogP contribution in [-0.2, 0) is 0 Å². The van der Waals surface area contributed by atoms with Gasteiger partial charge in [-0.3, -0.25) is 4.79 Å². The average molecular weight is 238 g/mol. The number of hydrogen-bond donors (Lipinski definition) is 0. The second-order valence-electron chi connectivity index (χ2n) is 3.36. The molecule has 1 aromatic carbocycles. The zero-order valence-electron chi connectivity index (χ0n) is 8.46. The average Bonchev–Trinajstić information content (AvgIpc) is 2.64. The summed E-state index contributed by atoms with van der Waals surface area (Å²) in [5, 5.41) is 1.72. The van der Waals surface area contributed by atoms with E-state index < -0.39 is 23.0 Å². The van der Waals surface area contributed by atoms with E-state index in [4.69, 9.17) is 0 Å². The summed E-state index contributed by atoms with van der Waals surface area (Å²) in [5.41, 5.74) is 0.255. The summed E-state index contributed by atoms with van der Waals surface area (Å²) in [5.74, 6) is -2.24. The van der Waals surface area contributed by atoms with Crippen LogP contribution < -0.4 is 0 Å². The second-order valence-corrected chi connectivity index (χ2v) is 4.27. The Balaban J connectivity index is 2.54. The Kier molecular flexibility index (Phi) is 2.83. The van der Waals surface area contributed by atoms with Gasteiger partial charge in [-0.2, -0.15) is 0 Å². The first-order valence-corrected chi connectivity index (χ1v) is 5.52. The lowest BCUT2D eigenvalue weighted by Crippen LogP contribution is -2.06. The van der Waals surface area contributed by atoms with E-state index in [1.54, 1.807) is 18.4 Å². The summed E-state index contributed by atoms with van der Waals surface area (Å²) < 4.78 is 26.7. The molecule has 16 heavy (non-hydrogen) atoms. The molecule has 0 N–H and O–H groups in total. The van der Waals surface area contributed by atoms with Gasteiger partial charge in [0.2, 0.25) is 5.78 Å². The molecular weight excluding hydrogens is 230 g/mol. The van der Waals surface area contributed by atoms with Gasteiger partial charge in [-0.15, -0.1) is 11.3 Å². The van der Waals surface area contributed by atoms with Crippen LogP contribution in [-0.4, -0.2) is 5.78 Å². The fourth-order valence-electron chi connectivity index (χ4n) is 1.43. The van der Waals surface area contributed by atoms with Gasteiger partial charge < -0.3 is 0 Å². The molecule has 1 aromatic heterocycles. The lowest BCUT2D eigenvalue weighted by atomic mass is 10.1. The Morgan fingerprint density at radius 3 is 2.31 bits per heavy atom. The predicted molar refractivity (Wildman–Crippen MR) is 58.8 cm³/mol. The monoisotopic (exact) mass is 238 g/mol. The first-order chi connectivity index (χ1) is 7.61. The molecule has 0 fully saturated rings. The van der Waals surface area contributed by atoms with Crippen molar-refractivity contribution < 1.29 is 13.6 Å². The molecule has 1 heterocycles. The first kappa shape index (κ1) is 11.0. The number of aryl methyl sites for hydroxylation is 1. The van der Waals surface area contributed by atoms with Gasteiger partial charge in [0.15, 0.2) is 0 Å². The molecular formula is C12H8F2OS. The van der Waals surface area contributed by atoms with Crippen LogP contribution in [0.25, 0.3) is 0 Å². The molecule has 2 aromatic rings. The molecule has 0 aliphatic rings. The van der Waals surface area contributed by atoms with Crippen LogP contribution in [0.5, 0.6) is 0 Å². The van der Waals surface area contributed by atoms with Gasteiger partial charge in [-0.25, -0.2) is 8.78 Å². The number of halogens is 2. The summed E-state index contributed by atoms with van der Waals surface area (Å²) >= 11 is 1.19. The van der Waals surface area contributed by atoms with E-state index in [0.717, 1.165) is 17.7 Å². The van der Waals surface area contributed by atoms with Crippen molar-refractivity contribution in [2.75, 3.05) is 0 Å². The lowest BCUT2D eigenvalue weighted by Gasteiger charge is -2.02. The number of thiophene rings is 1. The van der Waals surface area contributed by atoms with Crippen LogP contribution in [0.1, 0.15) is 20.8 Å². The summed E-state index contributed by atoms with van der Waals surface area (Å²) in [4.78, 5) is 12.3. The van der Waals surface area contributed by atoms with Crippen molar-refractivity contribution in [3.63, 3.8) is 0 Å². The number of benzene rings is 1. The highest BCUT2D eigenvalue weighted by molar-refractivity contribution is 7.12. The lowest BCUT2D eigenvalue weighted by molar-refractivity contribution is 0.103. The van der Waals surface area contributed by atoms with E-state index in [2.05, 4.69) is 0 Å². The standard InChI is InChI=1S/C12H8F2OS/c1-7-5-6-16-12(7)11(15)10-8(13)3-2-4-9(10)14/h2-6H,1H3. The van der Waals surface area contributed by atoms with E-state index in [1.165, 1.54) is 17.4 Å². The zero-order valence-corrected chi connectivity index (χ0v) is 9.28. The number of carbonyl (C=O) groups is 1. The van der Waals surface area contributed by atoms with Gasteiger partial charge in [0.1, 0.15) is 11.6 Å². The summed E-state index contributed by atoms with van der Waals surface area (Å²) in [7, 11) is 0. The molecule has 4 heteroatoms. The number of carbonyl (C=O) groups excluding carboxylic acids is 1. The summed E-state index contributed by atoms with van der Waals surface area (Å²) in [6.07, 6.45) is 0. The zero-order chi connectivity index (χ0) is 11.7. The van der Waals surface area contributed by atoms with Crippen molar-refractivity contribution in [2.45, 2.75) is 6.92 Å². The molecule has 0 saturated heterocycles. The molecule has 0 amide bonds. The largest absolute Gasteiger partial charge is 0.287 e. The van der Waals surface area contributed by atoms with Crippen LogP contribution in [0.3, 0.4) is 0 Å². The van der Waals surface area contributed by atoms with Crippen molar-refractivity contribution in [1.82, 2.24) is 0 Å². The van der Waals surface area contributed by atoms with Crippen molar-refractivity contribution in [3.8, 4) is 0 Å². The first-order valence-electron chi connectivity index (χ1n) is 4.64. The van der Waals surface area contributed by atoms with Gasteiger partial charge in [-0.1, -0.05) is 6.07 Å². The molecule has 0 radical (unpaired) electrons. The third-order valence-corrected chi connectivity index (χ3v) is 3.27. The smallest absolute Gasteiger partial charge is 0.209 e. The van der Waals surface area contributed by atoms with E-state index in [9.17, 15) is 13.6 Å². The van der Waals surface area contributed by atoms with Gasteiger partial charge in [0, 0.05) is 0 Å². The Hall–Kier alpha value is -1.55. The molecule has 0 bridgehead atoms. The highest BCUT2D eigenvalue weighted by Gasteiger charge is 2.20. The van der Waals surface area contributed by atoms with Crippen LogP contribution in [0.2, 0.25) is 0 Å². The Bertz CT molecular complexity index is 525. The minimum atomic E-state index is -0.821. The molecule has 0 saturated carbocycles. The number of ketones is 1.